The van der Waals surface area contributed by atoms with Gasteiger partial charge in [0.1, 0.15) is 17.9 Å². The van der Waals surface area contributed by atoms with Crippen LogP contribution >= 0.6 is 11.6 Å². The minimum atomic E-state index is -1.02. The van der Waals surface area contributed by atoms with Crippen LogP contribution in [0, 0.1) is 11.6 Å². The number of imidazole rings is 1. The maximum Gasteiger partial charge on any atom is 0.240 e. The number of nitrogens with zero attached hydrogens (tertiary/aromatic N) is 2. The Hall–Kier alpha value is -1.69. The summed E-state index contributed by atoms with van der Waals surface area (Å²) in [5.74, 6) is -1.95. The smallest absolute Gasteiger partial charge is 0.240 e. The van der Waals surface area contributed by atoms with E-state index in [1.807, 2.05) is 6.92 Å². The predicted octanol–water partition coefficient (Wildman–Crippen LogP) is 2.58. The van der Waals surface area contributed by atoms with Crippen molar-refractivity contribution in [3.63, 3.8) is 0 Å². The SMILES string of the molecule is CCCNC(=O)Cn1c(CCl)nc2ccc(F)c(F)c21. The fraction of sp³-hybridized carbons (Fsp3) is 0.385. The molecule has 1 amide bonds. The molecule has 0 aliphatic carbocycles. The third kappa shape index (κ3) is 2.75. The molecule has 7 heteroatoms. The number of hydrogen-bond donors (Lipinski definition) is 1. The summed E-state index contributed by atoms with van der Waals surface area (Å²) in [7, 11) is 0. The Labute approximate surface area is 119 Å². The lowest BCUT2D eigenvalue weighted by Crippen LogP contribution is -2.28. The van der Waals surface area contributed by atoms with Crippen molar-refractivity contribution in [1.82, 2.24) is 14.9 Å². The van der Waals surface area contributed by atoms with Gasteiger partial charge >= 0.3 is 0 Å². The number of rotatable bonds is 5. The number of fused-ring (bicyclic) bond motifs is 1. The van der Waals surface area contributed by atoms with Crippen LogP contribution in [0.25, 0.3) is 11.0 Å². The van der Waals surface area contributed by atoms with Gasteiger partial charge in [-0.05, 0) is 18.6 Å². The van der Waals surface area contributed by atoms with Crippen molar-refractivity contribution < 1.29 is 13.6 Å². The number of halogens is 3. The van der Waals surface area contributed by atoms with Crippen LogP contribution in [0.5, 0.6) is 0 Å². The first-order chi connectivity index (χ1) is 9.58. The Kier molecular flexibility index (Phi) is 4.54. The number of amides is 1. The quantitative estimate of drug-likeness (QED) is 0.863. The van der Waals surface area contributed by atoms with Crippen molar-refractivity contribution in [3.05, 3.63) is 29.6 Å². The summed E-state index contributed by atoms with van der Waals surface area (Å²) < 4.78 is 28.5. The van der Waals surface area contributed by atoms with Crippen LogP contribution in [0.3, 0.4) is 0 Å². The molecule has 0 aliphatic heterocycles. The minimum Gasteiger partial charge on any atom is -0.355 e. The molecule has 0 saturated carbocycles. The van der Waals surface area contributed by atoms with Gasteiger partial charge in [0.15, 0.2) is 11.6 Å². The van der Waals surface area contributed by atoms with Crippen LogP contribution in [-0.2, 0) is 17.2 Å². The molecule has 20 heavy (non-hydrogen) atoms. The summed E-state index contributed by atoms with van der Waals surface area (Å²) >= 11 is 5.75. The van der Waals surface area contributed by atoms with Gasteiger partial charge in [-0.15, -0.1) is 11.6 Å². The highest BCUT2D eigenvalue weighted by Crippen LogP contribution is 2.22. The molecule has 1 N–H and O–H groups in total. The van der Waals surface area contributed by atoms with E-state index in [-0.39, 0.29) is 29.4 Å². The van der Waals surface area contributed by atoms with E-state index < -0.39 is 11.6 Å². The molecule has 2 aromatic rings. The lowest BCUT2D eigenvalue weighted by atomic mass is 10.3. The topological polar surface area (TPSA) is 46.9 Å². The van der Waals surface area contributed by atoms with Gasteiger partial charge in [0.25, 0.3) is 0 Å². The average Bonchev–Trinajstić information content (AvgIpc) is 2.79. The molecule has 0 unspecified atom stereocenters. The molecule has 1 heterocycles. The number of aromatic nitrogens is 2. The Bertz CT molecular complexity index is 642. The number of benzene rings is 1. The molecule has 0 atom stereocenters. The van der Waals surface area contributed by atoms with Gasteiger partial charge in [0.05, 0.1) is 11.4 Å². The van der Waals surface area contributed by atoms with Crippen molar-refractivity contribution in [2.75, 3.05) is 6.54 Å². The second kappa shape index (κ2) is 6.17. The van der Waals surface area contributed by atoms with Gasteiger partial charge in [-0.25, -0.2) is 13.8 Å². The Balaban J connectivity index is 2.44. The standard InChI is InChI=1S/C13H14ClF2N3O/c1-2-5-17-11(20)7-19-10(6-14)18-9-4-3-8(15)12(16)13(9)19/h3-4H,2,5-7H2,1H3,(H,17,20). The maximum absolute atomic E-state index is 13.9. The molecule has 0 spiro atoms. The second-order valence-corrected chi connectivity index (χ2v) is 4.59. The first-order valence-corrected chi connectivity index (χ1v) is 6.77. The molecule has 0 saturated heterocycles. The van der Waals surface area contributed by atoms with Gasteiger partial charge in [-0.1, -0.05) is 6.92 Å². The molecule has 4 nitrogen and oxygen atoms in total. The number of nitrogens with one attached hydrogen (secondary N) is 1. The van der Waals surface area contributed by atoms with Crippen LogP contribution < -0.4 is 5.32 Å². The van der Waals surface area contributed by atoms with E-state index in [0.29, 0.717) is 12.4 Å². The van der Waals surface area contributed by atoms with Crippen molar-refractivity contribution in [2.45, 2.75) is 25.8 Å². The van der Waals surface area contributed by atoms with Crippen LogP contribution in [0.2, 0.25) is 0 Å². The fourth-order valence-corrected chi connectivity index (χ4v) is 2.15. The molecule has 0 aliphatic rings. The van der Waals surface area contributed by atoms with Crippen LogP contribution in [0.4, 0.5) is 8.78 Å². The summed E-state index contributed by atoms with van der Waals surface area (Å²) in [5, 5.41) is 2.67. The van der Waals surface area contributed by atoms with Crippen molar-refractivity contribution in [1.29, 1.82) is 0 Å². The predicted molar refractivity (Wildman–Crippen MR) is 72.5 cm³/mol. The zero-order chi connectivity index (χ0) is 14.7. The van der Waals surface area contributed by atoms with Crippen LogP contribution in [0.15, 0.2) is 12.1 Å². The molecule has 0 bridgehead atoms. The molecule has 1 aromatic carbocycles. The van der Waals surface area contributed by atoms with Crippen molar-refractivity contribution >= 4 is 28.5 Å². The monoisotopic (exact) mass is 301 g/mol. The van der Waals surface area contributed by atoms with Crippen LogP contribution in [-0.4, -0.2) is 22.0 Å². The first-order valence-electron chi connectivity index (χ1n) is 6.24. The van der Waals surface area contributed by atoms with Gasteiger partial charge in [-0.2, -0.15) is 0 Å². The second-order valence-electron chi connectivity index (χ2n) is 4.33. The largest absolute Gasteiger partial charge is 0.355 e. The molecule has 0 fully saturated rings. The third-order valence-corrected chi connectivity index (χ3v) is 3.11. The lowest BCUT2D eigenvalue weighted by Gasteiger charge is -2.08. The highest BCUT2D eigenvalue weighted by atomic mass is 35.5. The highest BCUT2D eigenvalue weighted by Gasteiger charge is 2.18. The summed E-state index contributed by atoms with van der Waals surface area (Å²) in [4.78, 5) is 15.9. The number of carbonyl (C=O) groups excluding carboxylic acids is 1. The third-order valence-electron chi connectivity index (χ3n) is 2.87. The number of hydrogen-bond acceptors (Lipinski definition) is 2. The summed E-state index contributed by atoms with van der Waals surface area (Å²) in [6, 6.07) is 2.37. The van der Waals surface area contributed by atoms with E-state index in [1.54, 1.807) is 0 Å². The number of carbonyl (C=O) groups is 1. The molecular formula is C13H14ClF2N3O. The summed E-state index contributed by atoms with van der Waals surface area (Å²) in [6.07, 6.45) is 0.793. The van der Waals surface area contributed by atoms with E-state index in [0.717, 1.165) is 12.5 Å². The van der Waals surface area contributed by atoms with Crippen LogP contribution in [0.1, 0.15) is 19.2 Å². The van der Waals surface area contributed by atoms with E-state index in [4.69, 9.17) is 11.6 Å². The van der Waals surface area contributed by atoms with Crippen molar-refractivity contribution in [2.24, 2.45) is 0 Å². The highest BCUT2D eigenvalue weighted by molar-refractivity contribution is 6.16. The van der Waals surface area contributed by atoms with Gasteiger partial charge < -0.3 is 9.88 Å². The molecule has 0 radical (unpaired) electrons. The normalized spacial score (nSPS) is 11.0. The van der Waals surface area contributed by atoms with Gasteiger partial charge in [-0.3, -0.25) is 4.79 Å². The molecular weight excluding hydrogens is 288 g/mol. The maximum atomic E-state index is 13.9. The summed E-state index contributed by atoms with van der Waals surface area (Å²) in [6.45, 7) is 2.31. The first kappa shape index (κ1) is 14.7. The Morgan fingerprint density at radius 2 is 2.20 bits per heavy atom. The number of alkyl halides is 1. The van der Waals surface area contributed by atoms with E-state index in [2.05, 4.69) is 10.3 Å². The van der Waals surface area contributed by atoms with E-state index in [1.165, 1.54) is 10.6 Å². The van der Waals surface area contributed by atoms with Gasteiger partial charge in [0, 0.05) is 6.54 Å². The average molecular weight is 302 g/mol. The van der Waals surface area contributed by atoms with E-state index in [9.17, 15) is 13.6 Å². The lowest BCUT2D eigenvalue weighted by molar-refractivity contribution is -0.121. The Morgan fingerprint density at radius 1 is 1.45 bits per heavy atom. The minimum absolute atomic E-state index is 0.0107. The zero-order valence-electron chi connectivity index (χ0n) is 10.9. The Morgan fingerprint density at radius 3 is 2.85 bits per heavy atom. The van der Waals surface area contributed by atoms with Gasteiger partial charge in [0.2, 0.25) is 5.91 Å². The van der Waals surface area contributed by atoms with Crippen molar-refractivity contribution in [3.8, 4) is 0 Å². The summed E-state index contributed by atoms with van der Waals surface area (Å²) in [5.41, 5.74) is 0.245. The van der Waals surface area contributed by atoms with E-state index >= 15 is 0 Å². The molecule has 108 valence electrons. The fourth-order valence-electron chi connectivity index (χ4n) is 1.94. The molecule has 2 rings (SSSR count). The molecule has 1 aromatic heterocycles. The zero-order valence-corrected chi connectivity index (χ0v) is 11.7.